The molecule has 0 aliphatic carbocycles. The standard InChI is InChI=1S/C31H21N5OS/c32-28-26(29(37)33-31-36(28)34-30(38-31)21-10-2-1-3-11-21)17-23-19-35(27-16-7-6-15-25(23)27)18-22-13-8-12-20-9-4-5-14-24(20)22/h1-17,19,32H,18H2. The second-order valence-corrected chi connectivity index (χ2v) is 10.1. The Morgan fingerprint density at radius 1 is 0.842 bits per heavy atom. The van der Waals surface area contributed by atoms with E-state index < -0.39 is 5.91 Å². The molecule has 182 valence electrons. The van der Waals surface area contributed by atoms with Crippen LogP contribution in [0.4, 0.5) is 0 Å². The first-order valence-corrected chi connectivity index (χ1v) is 13.1. The number of hydrazone groups is 1. The third-order valence-electron chi connectivity index (χ3n) is 6.82. The maximum Gasteiger partial charge on any atom is 0.283 e. The van der Waals surface area contributed by atoms with Gasteiger partial charge in [0.1, 0.15) is 5.04 Å². The third kappa shape index (κ3) is 3.76. The zero-order chi connectivity index (χ0) is 25.6. The normalized spacial score (nSPS) is 16.3. The van der Waals surface area contributed by atoms with Crippen molar-refractivity contribution in [1.82, 2.24) is 9.58 Å². The van der Waals surface area contributed by atoms with Crippen molar-refractivity contribution in [1.29, 1.82) is 5.41 Å². The zero-order valence-corrected chi connectivity index (χ0v) is 21.0. The number of nitrogens with zero attached hydrogens (tertiary/aromatic N) is 4. The van der Waals surface area contributed by atoms with Gasteiger partial charge >= 0.3 is 0 Å². The third-order valence-corrected chi connectivity index (χ3v) is 7.77. The minimum absolute atomic E-state index is 0.0318. The molecular formula is C31H21N5OS. The number of para-hydroxylation sites is 1. The molecule has 7 heteroatoms. The van der Waals surface area contributed by atoms with Gasteiger partial charge in [0.15, 0.2) is 5.84 Å². The van der Waals surface area contributed by atoms with E-state index in [0.29, 0.717) is 11.7 Å². The summed E-state index contributed by atoms with van der Waals surface area (Å²) in [4.78, 5) is 17.4. The minimum atomic E-state index is -0.427. The van der Waals surface area contributed by atoms with Gasteiger partial charge in [-0.1, -0.05) is 91.0 Å². The summed E-state index contributed by atoms with van der Waals surface area (Å²) in [6, 6.07) is 32.6. The molecule has 0 saturated carbocycles. The Morgan fingerprint density at radius 2 is 1.58 bits per heavy atom. The second kappa shape index (κ2) is 8.97. The summed E-state index contributed by atoms with van der Waals surface area (Å²) in [6.07, 6.45) is 3.82. The number of amides is 1. The number of hydrogen-bond donors (Lipinski definition) is 1. The smallest absolute Gasteiger partial charge is 0.283 e. The Kier molecular flexibility index (Phi) is 5.30. The van der Waals surface area contributed by atoms with E-state index in [2.05, 4.69) is 69.4 Å². The topological polar surface area (TPSA) is 73.8 Å². The van der Waals surface area contributed by atoms with Crippen LogP contribution in [0.25, 0.3) is 27.8 Å². The molecule has 1 amide bonds. The Morgan fingerprint density at radius 3 is 2.45 bits per heavy atom. The molecule has 0 unspecified atom stereocenters. The van der Waals surface area contributed by atoms with E-state index in [1.165, 1.54) is 33.1 Å². The average molecular weight is 512 g/mol. The fraction of sp³-hybridized carbons (Fsp3) is 0.0323. The van der Waals surface area contributed by atoms with Gasteiger partial charge in [-0.05, 0) is 40.2 Å². The molecular weight excluding hydrogens is 490 g/mol. The summed E-state index contributed by atoms with van der Waals surface area (Å²) in [5.74, 6) is -0.395. The predicted molar refractivity (Wildman–Crippen MR) is 156 cm³/mol. The van der Waals surface area contributed by atoms with Crippen LogP contribution >= 0.6 is 11.8 Å². The molecule has 0 atom stereocenters. The number of fused-ring (bicyclic) bond motifs is 3. The van der Waals surface area contributed by atoms with Crippen LogP contribution < -0.4 is 0 Å². The Balaban J connectivity index is 1.28. The van der Waals surface area contributed by atoms with Crippen LogP contribution in [0.1, 0.15) is 16.7 Å². The molecule has 4 aromatic carbocycles. The molecule has 1 aromatic heterocycles. The quantitative estimate of drug-likeness (QED) is 0.280. The average Bonchev–Trinajstić information content (AvgIpc) is 3.54. The number of rotatable bonds is 4. The first-order chi connectivity index (χ1) is 18.7. The van der Waals surface area contributed by atoms with Crippen LogP contribution in [-0.2, 0) is 11.3 Å². The molecule has 2 aliphatic heterocycles. The van der Waals surface area contributed by atoms with Crippen molar-refractivity contribution < 1.29 is 4.79 Å². The lowest BCUT2D eigenvalue weighted by molar-refractivity contribution is -0.114. The van der Waals surface area contributed by atoms with Crippen molar-refractivity contribution in [3.8, 4) is 0 Å². The molecule has 1 N–H and O–H groups in total. The largest absolute Gasteiger partial charge is 0.342 e. The van der Waals surface area contributed by atoms with Crippen molar-refractivity contribution in [2.24, 2.45) is 10.1 Å². The fourth-order valence-corrected chi connectivity index (χ4v) is 5.88. The molecule has 6 nitrogen and oxygen atoms in total. The van der Waals surface area contributed by atoms with Gasteiger partial charge in [0.2, 0.25) is 5.17 Å². The number of thioether (sulfide) groups is 1. The first kappa shape index (κ1) is 22.4. The summed E-state index contributed by atoms with van der Waals surface area (Å²) in [5, 5.41) is 19.4. The van der Waals surface area contributed by atoms with Crippen LogP contribution in [0.5, 0.6) is 0 Å². The van der Waals surface area contributed by atoms with Crippen molar-refractivity contribution in [3.63, 3.8) is 0 Å². The van der Waals surface area contributed by atoms with Gasteiger partial charge < -0.3 is 4.57 Å². The van der Waals surface area contributed by atoms with Crippen LogP contribution in [0.15, 0.2) is 119 Å². The van der Waals surface area contributed by atoms with Gasteiger partial charge in [-0.3, -0.25) is 10.2 Å². The Bertz CT molecular complexity index is 1860. The molecule has 0 fully saturated rings. The molecule has 3 heterocycles. The molecule has 5 aromatic rings. The predicted octanol–water partition coefficient (Wildman–Crippen LogP) is 6.51. The number of carbonyl (C=O) groups is 1. The van der Waals surface area contributed by atoms with Crippen molar-refractivity contribution in [2.75, 3.05) is 0 Å². The monoisotopic (exact) mass is 511 g/mol. The van der Waals surface area contributed by atoms with E-state index in [0.717, 1.165) is 27.1 Å². The fourth-order valence-electron chi connectivity index (χ4n) is 4.98. The van der Waals surface area contributed by atoms with E-state index in [9.17, 15) is 4.79 Å². The van der Waals surface area contributed by atoms with Crippen molar-refractivity contribution in [3.05, 3.63) is 126 Å². The lowest BCUT2D eigenvalue weighted by Gasteiger charge is -2.20. The van der Waals surface area contributed by atoms with Crippen LogP contribution in [0.3, 0.4) is 0 Å². The summed E-state index contributed by atoms with van der Waals surface area (Å²) in [7, 11) is 0. The SMILES string of the molecule is N=C1C(=Cc2cn(Cc3cccc4ccccc34)c3ccccc23)C(=O)N=C2SC(c3ccccc3)=NN12. The van der Waals surface area contributed by atoms with E-state index in [4.69, 9.17) is 5.41 Å². The van der Waals surface area contributed by atoms with E-state index >= 15 is 0 Å². The van der Waals surface area contributed by atoms with Gasteiger partial charge in [0.25, 0.3) is 5.91 Å². The number of benzene rings is 4. The number of carbonyl (C=O) groups excluding carboxylic acids is 1. The van der Waals surface area contributed by atoms with Gasteiger partial charge in [0, 0.05) is 34.8 Å². The summed E-state index contributed by atoms with van der Waals surface area (Å²) in [5.41, 5.74) is 4.30. The minimum Gasteiger partial charge on any atom is -0.342 e. The number of hydrogen-bond acceptors (Lipinski definition) is 4. The molecule has 0 spiro atoms. The molecule has 0 bridgehead atoms. The van der Waals surface area contributed by atoms with Crippen LogP contribution in [0, 0.1) is 5.41 Å². The Hall–Kier alpha value is -4.75. The number of amidine groups is 2. The van der Waals surface area contributed by atoms with Crippen LogP contribution in [-0.4, -0.2) is 31.5 Å². The molecule has 0 radical (unpaired) electrons. The van der Waals surface area contributed by atoms with Crippen LogP contribution in [0.2, 0.25) is 0 Å². The van der Waals surface area contributed by atoms with E-state index in [-0.39, 0.29) is 11.4 Å². The number of aliphatic imine (C=N–C) groups is 1. The van der Waals surface area contributed by atoms with Gasteiger partial charge in [0.05, 0.1) is 5.57 Å². The zero-order valence-electron chi connectivity index (χ0n) is 20.2. The summed E-state index contributed by atoms with van der Waals surface area (Å²) < 4.78 is 2.20. The highest BCUT2D eigenvalue weighted by Gasteiger charge is 2.36. The molecule has 7 rings (SSSR count). The number of nitrogens with one attached hydrogen (secondary N) is 1. The van der Waals surface area contributed by atoms with Crippen molar-refractivity contribution >= 4 is 61.5 Å². The summed E-state index contributed by atoms with van der Waals surface area (Å²) >= 11 is 1.31. The highest BCUT2D eigenvalue weighted by molar-refractivity contribution is 8.27. The lowest BCUT2D eigenvalue weighted by Crippen LogP contribution is -2.35. The van der Waals surface area contributed by atoms with Crippen molar-refractivity contribution in [2.45, 2.75) is 6.54 Å². The van der Waals surface area contributed by atoms with Gasteiger partial charge in [-0.2, -0.15) is 15.1 Å². The highest BCUT2D eigenvalue weighted by Crippen LogP contribution is 2.32. The highest BCUT2D eigenvalue weighted by atomic mass is 32.2. The maximum atomic E-state index is 13.1. The molecule has 38 heavy (non-hydrogen) atoms. The maximum absolute atomic E-state index is 13.1. The second-order valence-electron chi connectivity index (χ2n) is 9.16. The van der Waals surface area contributed by atoms with Gasteiger partial charge in [-0.15, -0.1) is 0 Å². The number of aromatic nitrogens is 1. The first-order valence-electron chi connectivity index (χ1n) is 12.3. The Labute approximate surface area is 223 Å². The van der Waals surface area contributed by atoms with E-state index in [1.807, 2.05) is 48.5 Å². The molecule has 2 aliphatic rings. The lowest BCUT2D eigenvalue weighted by atomic mass is 10.0. The molecule has 0 saturated heterocycles. The van der Waals surface area contributed by atoms with E-state index in [1.54, 1.807) is 6.08 Å². The van der Waals surface area contributed by atoms with Gasteiger partial charge in [-0.25, -0.2) is 0 Å². The summed E-state index contributed by atoms with van der Waals surface area (Å²) in [6.45, 7) is 0.687.